The van der Waals surface area contributed by atoms with Gasteiger partial charge in [0.2, 0.25) is 0 Å². The van der Waals surface area contributed by atoms with Crippen molar-refractivity contribution in [3.8, 4) is 0 Å². The molecule has 14 heavy (non-hydrogen) atoms. The van der Waals surface area contributed by atoms with Crippen molar-refractivity contribution >= 4 is 11.3 Å². The van der Waals surface area contributed by atoms with Gasteiger partial charge in [0.1, 0.15) is 0 Å². The van der Waals surface area contributed by atoms with Gasteiger partial charge < -0.3 is 5.32 Å². The van der Waals surface area contributed by atoms with Crippen LogP contribution in [0.15, 0.2) is 5.38 Å². The molecule has 0 aliphatic carbocycles. The van der Waals surface area contributed by atoms with Gasteiger partial charge in [-0.05, 0) is 26.3 Å². The average molecular weight is 212 g/mol. The Bertz CT molecular complexity index is 270. The summed E-state index contributed by atoms with van der Waals surface area (Å²) in [5, 5.41) is 6.66. The molecule has 0 radical (unpaired) electrons. The molecule has 0 spiro atoms. The molecule has 80 valence electrons. The van der Waals surface area contributed by atoms with Crippen LogP contribution in [-0.4, -0.2) is 12.0 Å². The zero-order chi connectivity index (χ0) is 10.6. The van der Waals surface area contributed by atoms with Crippen LogP contribution in [-0.2, 0) is 0 Å². The molecule has 0 fully saturated rings. The molecule has 2 unspecified atom stereocenters. The first-order chi connectivity index (χ1) is 6.67. The van der Waals surface area contributed by atoms with Crippen molar-refractivity contribution < 1.29 is 0 Å². The molecule has 1 N–H and O–H groups in total. The highest BCUT2D eigenvalue weighted by Gasteiger charge is 2.14. The van der Waals surface area contributed by atoms with Gasteiger partial charge in [0.05, 0.1) is 16.7 Å². The minimum absolute atomic E-state index is 0.426. The molecular weight excluding hydrogens is 192 g/mol. The van der Waals surface area contributed by atoms with Crippen molar-refractivity contribution in [1.29, 1.82) is 0 Å². The molecule has 1 rings (SSSR count). The first-order valence-electron chi connectivity index (χ1n) is 5.26. The van der Waals surface area contributed by atoms with Crippen LogP contribution in [0.2, 0.25) is 0 Å². The summed E-state index contributed by atoms with van der Waals surface area (Å²) < 4.78 is 0. The van der Waals surface area contributed by atoms with Crippen LogP contribution in [0.3, 0.4) is 0 Å². The number of hydrogen-bond donors (Lipinski definition) is 1. The van der Waals surface area contributed by atoms with Crippen molar-refractivity contribution in [2.24, 2.45) is 5.92 Å². The number of rotatable bonds is 5. The molecule has 0 saturated carbocycles. The van der Waals surface area contributed by atoms with Crippen LogP contribution in [0.1, 0.15) is 43.4 Å². The summed E-state index contributed by atoms with van der Waals surface area (Å²) in [6.07, 6.45) is 2.41. The Morgan fingerprint density at radius 2 is 2.29 bits per heavy atom. The summed E-state index contributed by atoms with van der Waals surface area (Å²) in [4.78, 5) is 4.53. The Morgan fingerprint density at radius 1 is 1.57 bits per heavy atom. The summed E-state index contributed by atoms with van der Waals surface area (Å²) in [6.45, 7) is 6.59. The predicted molar refractivity (Wildman–Crippen MR) is 62.7 cm³/mol. The Balaban J connectivity index is 2.62. The molecule has 1 heterocycles. The Morgan fingerprint density at radius 3 is 2.71 bits per heavy atom. The van der Waals surface area contributed by atoms with E-state index in [1.807, 2.05) is 7.05 Å². The zero-order valence-corrected chi connectivity index (χ0v) is 10.3. The molecular formula is C11H20N2S. The average Bonchev–Trinajstić information content (AvgIpc) is 2.60. The highest BCUT2D eigenvalue weighted by atomic mass is 32.1. The van der Waals surface area contributed by atoms with Gasteiger partial charge in [-0.25, -0.2) is 4.98 Å². The van der Waals surface area contributed by atoms with Crippen molar-refractivity contribution in [3.05, 3.63) is 16.1 Å². The van der Waals surface area contributed by atoms with Crippen LogP contribution >= 0.6 is 11.3 Å². The minimum atomic E-state index is 0.426. The Kier molecular flexibility index (Phi) is 4.55. The molecule has 0 amide bonds. The second kappa shape index (κ2) is 5.47. The van der Waals surface area contributed by atoms with Crippen molar-refractivity contribution in [3.63, 3.8) is 0 Å². The van der Waals surface area contributed by atoms with Gasteiger partial charge in [-0.1, -0.05) is 20.3 Å². The molecule has 2 nitrogen and oxygen atoms in total. The number of thiazole rings is 1. The standard InChI is InChI=1S/C11H20N2S/c1-5-8(2)6-10(12-4)11-7-14-9(3)13-11/h7-8,10,12H,5-6H2,1-4H3. The molecule has 0 bridgehead atoms. The number of aryl methyl sites for hydroxylation is 1. The molecule has 0 aliphatic rings. The van der Waals surface area contributed by atoms with Gasteiger partial charge in [-0.2, -0.15) is 0 Å². The van der Waals surface area contributed by atoms with E-state index in [2.05, 4.69) is 36.5 Å². The van der Waals surface area contributed by atoms with Crippen LogP contribution < -0.4 is 5.32 Å². The van der Waals surface area contributed by atoms with Crippen LogP contribution in [0.4, 0.5) is 0 Å². The normalized spacial score (nSPS) is 15.4. The minimum Gasteiger partial charge on any atom is -0.312 e. The van der Waals surface area contributed by atoms with Gasteiger partial charge in [0.15, 0.2) is 0 Å². The first-order valence-corrected chi connectivity index (χ1v) is 6.14. The van der Waals surface area contributed by atoms with Crippen LogP contribution in [0.5, 0.6) is 0 Å². The van der Waals surface area contributed by atoms with Gasteiger partial charge in [0.25, 0.3) is 0 Å². The molecule has 0 saturated heterocycles. The van der Waals surface area contributed by atoms with E-state index < -0.39 is 0 Å². The lowest BCUT2D eigenvalue weighted by Crippen LogP contribution is -2.19. The van der Waals surface area contributed by atoms with Gasteiger partial charge in [0, 0.05) is 5.38 Å². The van der Waals surface area contributed by atoms with E-state index in [0.717, 1.165) is 10.9 Å². The van der Waals surface area contributed by atoms with Crippen molar-refractivity contribution in [1.82, 2.24) is 10.3 Å². The second-order valence-electron chi connectivity index (χ2n) is 3.88. The molecule has 1 aromatic heterocycles. The summed E-state index contributed by atoms with van der Waals surface area (Å²) in [5.74, 6) is 0.759. The van der Waals surface area contributed by atoms with Gasteiger partial charge in [-0.15, -0.1) is 11.3 Å². The highest BCUT2D eigenvalue weighted by molar-refractivity contribution is 7.09. The fourth-order valence-electron chi connectivity index (χ4n) is 1.50. The van der Waals surface area contributed by atoms with Crippen LogP contribution in [0, 0.1) is 12.8 Å². The molecule has 3 heteroatoms. The molecule has 2 atom stereocenters. The fraction of sp³-hybridized carbons (Fsp3) is 0.727. The number of aromatic nitrogens is 1. The van der Waals surface area contributed by atoms with E-state index in [0.29, 0.717) is 6.04 Å². The van der Waals surface area contributed by atoms with E-state index >= 15 is 0 Å². The SMILES string of the molecule is CCC(C)CC(NC)c1csc(C)n1. The maximum absolute atomic E-state index is 4.53. The van der Waals surface area contributed by atoms with E-state index in [1.165, 1.54) is 18.5 Å². The first kappa shape index (κ1) is 11.7. The van der Waals surface area contributed by atoms with Gasteiger partial charge in [-0.3, -0.25) is 0 Å². The highest BCUT2D eigenvalue weighted by Crippen LogP contribution is 2.23. The third kappa shape index (κ3) is 3.07. The van der Waals surface area contributed by atoms with E-state index in [9.17, 15) is 0 Å². The lowest BCUT2D eigenvalue weighted by atomic mass is 9.98. The Hall–Kier alpha value is -0.410. The van der Waals surface area contributed by atoms with Gasteiger partial charge >= 0.3 is 0 Å². The molecule has 0 aromatic carbocycles. The zero-order valence-electron chi connectivity index (χ0n) is 9.50. The third-order valence-corrected chi connectivity index (χ3v) is 3.47. The van der Waals surface area contributed by atoms with E-state index in [4.69, 9.17) is 0 Å². The summed E-state index contributed by atoms with van der Waals surface area (Å²) in [7, 11) is 2.02. The lowest BCUT2D eigenvalue weighted by Gasteiger charge is -2.17. The number of nitrogens with zero attached hydrogens (tertiary/aromatic N) is 1. The maximum atomic E-state index is 4.53. The predicted octanol–water partition coefficient (Wildman–Crippen LogP) is 3.15. The number of nitrogens with one attached hydrogen (secondary N) is 1. The fourth-order valence-corrected chi connectivity index (χ4v) is 2.16. The van der Waals surface area contributed by atoms with E-state index in [-0.39, 0.29) is 0 Å². The summed E-state index contributed by atoms with van der Waals surface area (Å²) >= 11 is 1.73. The quantitative estimate of drug-likeness (QED) is 0.811. The molecule has 1 aromatic rings. The third-order valence-electron chi connectivity index (χ3n) is 2.68. The monoisotopic (exact) mass is 212 g/mol. The van der Waals surface area contributed by atoms with Crippen molar-refractivity contribution in [2.75, 3.05) is 7.05 Å². The topological polar surface area (TPSA) is 24.9 Å². The number of hydrogen-bond acceptors (Lipinski definition) is 3. The second-order valence-corrected chi connectivity index (χ2v) is 4.94. The molecule has 0 aliphatic heterocycles. The Labute approximate surface area is 90.8 Å². The van der Waals surface area contributed by atoms with Crippen molar-refractivity contribution in [2.45, 2.75) is 39.7 Å². The smallest absolute Gasteiger partial charge is 0.0898 e. The maximum Gasteiger partial charge on any atom is 0.0898 e. The van der Waals surface area contributed by atoms with E-state index in [1.54, 1.807) is 11.3 Å². The largest absolute Gasteiger partial charge is 0.312 e. The summed E-state index contributed by atoms with van der Waals surface area (Å²) in [5.41, 5.74) is 1.20. The lowest BCUT2D eigenvalue weighted by molar-refractivity contribution is 0.417. The van der Waals surface area contributed by atoms with Crippen LogP contribution in [0.25, 0.3) is 0 Å². The summed E-state index contributed by atoms with van der Waals surface area (Å²) in [6, 6.07) is 0.426.